The average Bonchev–Trinajstić information content (AvgIpc) is 2.55. The van der Waals surface area contributed by atoms with Crippen LogP contribution in [-0.2, 0) is 0 Å². The predicted molar refractivity (Wildman–Crippen MR) is 95.9 cm³/mol. The van der Waals surface area contributed by atoms with Crippen LogP contribution in [0.5, 0.6) is 0 Å². The van der Waals surface area contributed by atoms with Gasteiger partial charge >= 0.3 is 5.69 Å². The SMILES string of the molecule is CCC(C)Nc1ncnc(Nc2ccc(C(C)C)cc2)c1[N+](=O)[O-]. The summed E-state index contributed by atoms with van der Waals surface area (Å²) in [5, 5.41) is 17.6. The number of nitro groups is 1. The molecule has 0 radical (unpaired) electrons. The first-order valence-corrected chi connectivity index (χ1v) is 8.05. The zero-order chi connectivity index (χ0) is 17.7. The molecule has 1 aromatic heterocycles. The van der Waals surface area contributed by atoms with Gasteiger partial charge in [0.15, 0.2) is 0 Å². The van der Waals surface area contributed by atoms with Crippen LogP contribution in [0.15, 0.2) is 30.6 Å². The van der Waals surface area contributed by atoms with Crippen LogP contribution in [0.25, 0.3) is 0 Å². The number of nitrogens with one attached hydrogen (secondary N) is 2. The first-order chi connectivity index (χ1) is 11.4. The van der Waals surface area contributed by atoms with Crippen LogP contribution in [0, 0.1) is 10.1 Å². The number of benzene rings is 1. The molecular weight excluding hydrogens is 306 g/mol. The van der Waals surface area contributed by atoms with Gasteiger partial charge in [-0.25, -0.2) is 9.97 Å². The molecule has 128 valence electrons. The molecule has 2 N–H and O–H groups in total. The Labute approximate surface area is 141 Å². The molecule has 7 heteroatoms. The van der Waals surface area contributed by atoms with Crippen LogP contribution >= 0.6 is 0 Å². The molecule has 1 atom stereocenters. The molecular formula is C17H23N5O2. The lowest BCUT2D eigenvalue weighted by Gasteiger charge is -2.14. The highest BCUT2D eigenvalue weighted by molar-refractivity contribution is 5.73. The Morgan fingerprint density at radius 2 is 1.75 bits per heavy atom. The number of rotatable bonds is 7. The van der Waals surface area contributed by atoms with E-state index in [1.807, 2.05) is 38.1 Å². The molecule has 2 rings (SSSR count). The molecule has 24 heavy (non-hydrogen) atoms. The van der Waals surface area contributed by atoms with Crippen LogP contribution in [0.3, 0.4) is 0 Å². The molecule has 1 heterocycles. The minimum Gasteiger partial charge on any atom is -0.362 e. The Bertz CT molecular complexity index is 701. The van der Waals surface area contributed by atoms with E-state index in [0.717, 1.165) is 12.1 Å². The standard InChI is InChI=1S/C17H23N5O2/c1-5-12(4)20-16-15(22(23)24)17(19-10-18-16)21-14-8-6-13(7-9-14)11(2)3/h6-12H,5H2,1-4H3,(H2,18,19,20,21). The van der Waals surface area contributed by atoms with E-state index in [9.17, 15) is 10.1 Å². The molecule has 7 nitrogen and oxygen atoms in total. The van der Waals surface area contributed by atoms with E-state index >= 15 is 0 Å². The third-order valence-corrected chi connectivity index (χ3v) is 3.84. The normalized spacial score (nSPS) is 12.0. The van der Waals surface area contributed by atoms with Gasteiger partial charge in [-0.15, -0.1) is 0 Å². The molecule has 2 aromatic rings. The third-order valence-electron chi connectivity index (χ3n) is 3.84. The first kappa shape index (κ1) is 17.7. The van der Waals surface area contributed by atoms with Gasteiger partial charge in [-0.05, 0) is 37.0 Å². The molecule has 0 bridgehead atoms. The summed E-state index contributed by atoms with van der Waals surface area (Å²) in [6.45, 7) is 8.18. The minimum absolute atomic E-state index is 0.0803. The number of aromatic nitrogens is 2. The van der Waals surface area contributed by atoms with Crippen molar-refractivity contribution in [1.82, 2.24) is 9.97 Å². The van der Waals surface area contributed by atoms with Gasteiger partial charge in [0.2, 0.25) is 11.6 Å². The molecule has 0 aliphatic heterocycles. The molecule has 0 saturated heterocycles. The van der Waals surface area contributed by atoms with E-state index in [2.05, 4.69) is 34.4 Å². The summed E-state index contributed by atoms with van der Waals surface area (Å²) in [6, 6.07) is 7.86. The van der Waals surface area contributed by atoms with Crippen LogP contribution < -0.4 is 10.6 Å². The van der Waals surface area contributed by atoms with Gasteiger partial charge < -0.3 is 10.6 Å². The van der Waals surface area contributed by atoms with E-state index in [0.29, 0.717) is 5.92 Å². The van der Waals surface area contributed by atoms with Gasteiger partial charge in [-0.3, -0.25) is 10.1 Å². The van der Waals surface area contributed by atoms with Gasteiger partial charge in [0.05, 0.1) is 4.92 Å². The van der Waals surface area contributed by atoms with E-state index < -0.39 is 4.92 Å². The van der Waals surface area contributed by atoms with Crippen molar-refractivity contribution in [2.75, 3.05) is 10.6 Å². The summed E-state index contributed by atoms with van der Waals surface area (Å²) < 4.78 is 0. The monoisotopic (exact) mass is 329 g/mol. The highest BCUT2D eigenvalue weighted by atomic mass is 16.6. The molecule has 0 fully saturated rings. The lowest BCUT2D eigenvalue weighted by molar-refractivity contribution is -0.383. The Balaban J connectivity index is 2.32. The summed E-state index contributed by atoms with van der Waals surface area (Å²) in [7, 11) is 0. The molecule has 0 saturated carbocycles. The fourth-order valence-electron chi connectivity index (χ4n) is 2.17. The number of hydrogen-bond donors (Lipinski definition) is 2. The predicted octanol–water partition coefficient (Wildman–Crippen LogP) is 4.46. The molecule has 0 aliphatic carbocycles. The Kier molecular flexibility index (Phi) is 5.68. The maximum atomic E-state index is 11.5. The van der Waals surface area contributed by atoms with Crippen molar-refractivity contribution < 1.29 is 4.92 Å². The maximum absolute atomic E-state index is 11.5. The second kappa shape index (κ2) is 7.72. The fourth-order valence-corrected chi connectivity index (χ4v) is 2.17. The van der Waals surface area contributed by atoms with Crippen LogP contribution in [0.4, 0.5) is 23.0 Å². The van der Waals surface area contributed by atoms with Gasteiger partial charge in [0, 0.05) is 11.7 Å². The number of hydrogen-bond acceptors (Lipinski definition) is 6. The molecule has 1 unspecified atom stereocenters. The number of anilines is 3. The van der Waals surface area contributed by atoms with Crippen molar-refractivity contribution in [3.8, 4) is 0 Å². The summed E-state index contributed by atoms with van der Waals surface area (Å²) in [4.78, 5) is 19.1. The molecule has 0 aliphatic rings. The maximum Gasteiger partial charge on any atom is 0.353 e. The largest absolute Gasteiger partial charge is 0.362 e. The Morgan fingerprint density at radius 1 is 1.12 bits per heavy atom. The van der Waals surface area contributed by atoms with Crippen LogP contribution in [-0.4, -0.2) is 20.9 Å². The third kappa shape index (κ3) is 4.18. The van der Waals surface area contributed by atoms with Gasteiger partial charge in [0.25, 0.3) is 0 Å². The topological polar surface area (TPSA) is 93.0 Å². The second-order valence-corrected chi connectivity index (χ2v) is 6.03. The summed E-state index contributed by atoms with van der Waals surface area (Å²) in [5.74, 6) is 0.836. The van der Waals surface area contributed by atoms with Crippen LogP contribution in [0.2, 0.25) is 0 Å². The van der Waals surface area contributed by atoms with E-state index in [-0.39, 0.29) is 23.4 Å². The minimum atomic E-state index is -0.463. The van der Waals surface area contributed by atoms with Crippen molar-refractivity contribution >= 4 is 23.0 Å². The zero-order valence-corrected chi connectivity index (χ0v) is 14.4. The van der Waals surface area contributed by atoms with Crippen molar-refractivity contribution in [2.24, 2.45) is 0 Å². The molecule has 0 spiro atoms. The molecule has 1 aromatic carbocycles. The molecule has 0 amide bonds. The van der Waals surface area contributed by atoms with Crippen molar-refractivity contribution in [1.29, 1.82) is 0 Å². The van der Waals surface area contributed by atoms with E-state index in [1.165, 1.54) is 11.9 Å². The quantitative estimate of drug-likeness (QED) is 0.575. The summed E-state index contributed by atoms with van der Waals surface area (Å²) in [6.07, 6.45) is 2.16. The summed E-state index contributed by atoms with van der Waals surface area (Å²) in [5.41, 5.74) is 1.80. The smallest absolute Gasteiger partial charge is 0.353 e. The number of nitrogens with zero attached hydrogens (tertiary/aromatic N) is 3. The lowest BCUT2D eigenvalue weighted by Crippen LogP contribution is -2.16. The van der Waals surface area contributed by atoms with Crippen molar-refractivity contribution in [3.63, 3.8) is 0 Å². The van der Waals surface area contributed by atoms with Crippen molar-refractivity contribution in [2.45, 2.75) is 46.1 Å². The Morgan fingerprint density at radius 3 is 2.29 bits per heavy atom. The van der Waals surface area contributed by atoms with Gasteiger partial charge in [0.1, 0.15) is 6.33 Å². The summed E-state index contributed by atoms with van der Waals surface area (Å²) >= 11 is 0. The average molecular weight is 329 g/mol. The second-order valence-electron chi connectivity index (χ2n) is 6.03. The van der Waals surface area contributed by atoms with Crippen molar-refractivity contribution in [3.05, 3.63) is 46.3 Å². The zero-order valence-electron chi connectivity index (χ0n) is 14.4. The van der Waals surface area contributed by atoms with E-state index in [1.54, 1.807) is 0 Å². The fraction of sp³-hybridized carbons (Fsp3) is 0.412. The highest BCUT2D eigenvalue weighted by Gasteiger charge is 2.23. The van der Waals surface area contributed by atoms with Crippen LogP contribution in [0.1, 0.15) is 45.6 Å². The van der Waals surface area contributed by atoms with E-state index in [4.69, 9.17) is 0 Å². The lowest BCUT2D eigenvalue weighted by atomic mass is 10.0. The Hall–Kier alpha value is -2.70. The first-order valence-electron chi connectivity index (χ1n) is 8.05. The highest BCUT2D eigenvalue weighted by Crippen LogP contribution is 2.32. The van der Waals surface area contributed by atoms with Gasteiger partial charge in [-0.1, -0.05) is 32.9 Å². The van der Waals surface area contributed by atoms with Gasteiger partial charge in [-0.2, -0.15) is 0 Å².